The van der Waals surface area contributed by atoms with Gasteiger partial charge in [-0.1, -0.05) is 35.2 Å². The Morgan fingerprint density at radius 2 is 2.17 bits per heavy atom. The highest BCUT2D eigenvalue weighted by atomic mass is 35.5. The van der Waals surface area contributed by atoms with Gasteiger partial charge in [0.15, 0.2) is 0 Å². The molecule has 1 aromatic carbocycles. The molecule has 0 saturated heterocycles. The zero-order chi connectivity index (χ0) is 13.1. The number of rotatable bonds is 4. The highest BCUT2D eigenvalue weighted by Gasteiger charge is 2.27. The maximum atomic E-state index is 12.4. The summed E-state index contributed by atoms with van der Waals surface area (Å²) in [5, 5.41) is 0.677. The number of halogens is 2. The molecule has 0 N–H and O–H groups in total. The predicted octanol–water partition coefficient (Wildman–Crippen LogP) is 3.48. The molecule has 0 heterocycles. The van der Waals surface area contributed by atoms with E-state index in [1.807, 2.05) is 0 Å². The summed E-state index contributed by atoms with van der Waals surface area (Å²) in [6.07, 6.45) is 7.64. The van der Waals surface area contributed by atoms with Crippen LogP contribution < -0.4 is 0 Å². The first kappa shape index (κ1) is 13.3. The summed E-state index contributed by atoms with van der Waals surface area (Å²) < 4.78 is 0. The number of nitrogens with zero attached hydrogens (tertiary/aromatic N) is 1. The molecule has 0 bridgehead atoms. The number of carbonyl (C=O) groups is 1. The van der Waals surface area contributed by atoms with Crippen LogP contribution in [0.4, 0.5) is 0 Å². The van der Waals surface area contributed by atoms with E-state index in [1.165, 1.54) is 0 Å². The quantitative estimate of drug-likeness (QED) is 0.774. The van der Waals surface area contributed by atoms with Crippen LogP contribution in [0.5, 0.6) is 0 Å². The van der Waals surface area contributed by atoms with E-state index < -0.39 is 0 Å². The summed E-state index contributed by atoms with van der Waals surface area (Å²) in [5.41, 5.74) is 0.417. The van der Waals surface area contributed by atoms with E-state index in [4.69, 9.17) is 29.6 Å². The number of hydrogen-bond acceptors (Lipinski definition) is 1. The molecule has 0 spiro atoms. The van der Waals surface area contributed by atoms with Crippen LogP contribution in [-0.4, -0.2) is 23.9 Å². The first-order valence-corrected chi connectivity index (χ1v) is 6.56. The number of carbonyl (C=O) groups excluding carboxylic acids is 1. The second-order valence-electron chi connectivity index (χ2n) is 4.43. The average molecular weight is 282 g/mol. The molecule has 0 unspecified atom stereocenters. The molecule has 0 atom stereocenters. The first-order chi connectivity index (χ1) is 8.63. The van der Waals surface area contributed by atoms with Gasteiger partial charge in [0, 0.05) is 6.54 Å². The zero-order valence-electron chi connectivity index (χ0n) is 9.83. The van der Waals surface area contributed by atoms with Gasteiger partial charge in [-0.25, -0.2) is 0 Å². The van der Waals surface area contributed by atoms with Crippen molar-refractivity contribution in [2.75, 3.05) is 13.1 Å². The van der Waals surface area contributed by atoms with E-state index in [1.54, 1.807) is 23.1 Å². The molecule has 1 saturated carbocycles. The van der Waals surface area contributed by atoms with Crippen molar-refractivity contribution in [2.24, 2.45) is 5.92 Å². The van der Waals surface area contributed by atoms with Crippen molar-refractivity contribution in [3.63, 3.8) is 0 Å². The van der Waals surface area contributed by atoms with Crippen molar-refractivity contribution < 1.29 is 4.79 Å². The summed E-state index contributed by atoms with van der Waals surface area (Å²) in [4.78, 5) is 14.0. The molecule has 4 heteroatoms. The smallest absolute Gasteiger partial charge is 0.256 e. The van der Waals surface area contributed by atoms with Crippen molar-refractivity contribution in [2.45, 2.75) is 12.8 Å². The summed E-state index contributed by atoms with van der Waals surface area (Å²) >= 11 is 12.0. The molecule has 1 fully saturated rings. The lowest BCUT2D eigenvalue weighted by atomic mass is 10.2. The van der Waals surface area contributed by atoms with Gasteiger partial charge >= 0.3 is 0 Å². The molecule has 2 nitrogen and oxygen atoms in total. The molecule has 1 aliphatic rings. The van der Waals surface area contributed by atoms with Crippen LogP contribution in [0.1, 0.15) is 23.2 Å². The molecular weight excluding hydrogens is 269 g/mol. The van der Waals surface area contributed by atoms with Crippen LogP contribution in [-0.2, 0) is 0 Å². The van der Waals surface area contributed by atoms with Crippen LogP contribution in [0.25, 0.3) is 0 Å². The standard InChI is InChI=1S/C14H13Cl2NO/c1-2-8-17(9-10-6-7-10)14(18)11-4-3-5-12(15)13(11)16/h1,3-5,10H,6-9H2. The highest BCUT2D eigenvalue weighted by Crippen LogP contribution is 2.31. The van der Waals surface area contributed by atoms with E-state index in [-0.39, 0.29) is 5.91 Å². The van der Waals surface area contributed by atoms with E-state index in [2.05, 4.69) is 5.92 Å². The van der Waals surface area contributed by atoms with Crippen LogP contribution in [0.2, 0.25) is 10.0 Å². The molecule has 2 rings (SSSR count). The molecule has 0 radical (unpaired) electrons. The van der Waals surface area contributed by atoms with Gasteiger partial charge in [-0.3, -0.25) is 4.79 Å². The van der Waals surface area contributed by atoms with Crippen LogP contribution in [0.15, 0.2) is 18.2 Å². The lowest BCUT2D eigenvalue weighted by molar-refractivity contribution is 0.0770. The summed E-state index contributed by atoms with van der Waals surface area (Å²) in [7, 11) is 0. The number of terminal acetylenes is 1. The Balaban J connectivity index is 2.21. The molecular formula is C14H13Cl2NO. The molecule has 0 aliphatic heterocycles. The minimum atomic E-state index is -0.146. The van der Waals surface area contributed by atoms with Crippen LogP contribution in [0.3, 0.4) is 0 Å². The fraction of sp³-hybridized carbons (Fsp3) is 0.357. The normalized spacial score (nSPS) is 14.1. The molecule has 0 aromatic heterocycles. The van der Waals surface area contributed by atoms with Crippen molar-refractivity contribution in [1.29, 1.82) is 0 Å². The Morgan fingerprint density at radius 3 is 2.78 bits per heavy atom. The van der Waals surface area contributed by atoms with Gasteiger partial charge in [-0.15, -0.1) is 6.42 Å². The maximum absolute atomic E-state index is 12.4. The van der Waals surface area contributed by atoms with Gasteiger partial charge in [0.2, 0.25) is 0 Å². The van der Waals surface area contributed by atoms with Crippen molar-refractivity contribution in [3.05, 3.63) is 33.8 Å². The van der Waals surface area contributed by atoms with Crippen LogP contribution >= 0.6 is 23.2 Å². The summed E-state index contributed by atoms with van der Waals surface area (Å²) in [6, 6.07) is 5.05. The van der Waals surface area contributed by atoms with E-state index in [0.29, 0.717) is 34.6 Å². The third kappa shape index (κ3) is 2.98. The molecule has 1 amide bonds. The monoisotopic (exact) mass is 281 g/mol. The van der Waals surface area contributed by atoms with Gasteiger partial charge < -0.3 is 4.90 Å². The average Bonchev–Trinajstić information content (AvgIpc) is 3.15. The minimum absolute atomic E-state index is 0.146. The first-order valence-electron chi connectivity index (χ1n) is 5.80. The fourth-order valence-electron chi connectivity index (χ4n) is 1.78. The van der Waals surface area contributed by atoms with E-state index in [9.17, 15) is 4.79 Å². The van der Waals surface area contributed by atoms with E-state index >= 15 is 0 Å². The molecule has 94 valence electrons. The van der Waals surface area contributed by atoms with E-state index in [0.717, 1.165) is 12.8 Å². The minimum Gasteiger partial charge on any atom is -0.327 e. The zero-order valence-corrected chi connectivity index (χ0v) is 11.3. The molecule has 1 aromatic rings. The van der Waals surface area contributed by atoms with Crippen LogP contribution in [0, 0.1) is 18.3 Å². The van der Waals surface area contributed by atoms with Gasteiger partial charge in [0.05, 0.1) is 22.2 Å². The summed E-state index contributed by atoms with van der Waals surface area (Å²) in [6.45, 7) is 1.00. The lowest BCUT2D eigenvalue weighted by Crippen LogP contribution is -2.33. The fourth-order valence-corrected chi connectivity index (χ4v) is 2.16. The number of benzene rings is 1. The second kappa shape index (κ2) is 5.65. The van der Waals surface area contributed by atoms with Crippen molar-refractivity contribution in [1.82, 2.24) is 4.90 Å². The Kier molecular flexibility index (Phi) is 4.16. The van der Waals surface area contributed by atoms with Gasteiger partial charge in [0.1, 0.15) is 0 Å². The van der Waals surface area contributed by atoms with Crippen molar-refractivity contribution in [3.8, 4) is 12.3 Å². The SMILES string of the molecule is C#CCN(CC1CC1)C(=O)c1cccc(Cl)c1Cl. The second-order valence-corrected chi connectivity index (χ2v) is 5.22. The lowest BCUT2D eigenvalue weighted by Gasteiger charge is -2.20. The topological polar surface area (TPSA) is 20.3 Å². The van der Waals surface area contributed by atoms with Gasteiger partial charge in [-0.2, -0.15) is 0 Å². The van der Waals surface area contributed by atoms with Gasteiger partial charge in [-0.05, 0) is 30.9 Å². The number of hydrogen-bond donors (Lipinski definition) is 0. The van der Waals surface area contributed by atoms with Crippen molar-refractivity contribution >= 4 is 29.1 Å². The maximum Gasteiger partial charge on any atom is 0.256 e. The predicted molar refractivity (Wildman–Crippen MR) is 73.9 cm³/mol. The molecule has 1 aliphatic carbocycles. The largest absolute Gasteiger partial charge is 0.327 e. The Labute approximate surface area is 117 Å². The Hall–Kier alpha value is -1.17. The summed E-state index contributed by atoms with van der Waals surface area (Å²) in [5.74, 6) is 2.95. The van der Waals surface area contributed by atoms with Gasteiger partial charge in [0.25, 0.3) is 5.91 Å². The third-order valence-electron chi connectivity index (χ3n) is 2.93. The Morgan fingerprint density at radius 1 is 1.44 bits per heavy atom. The number of amides is 1. The molecule has 18 heavy (non-hydrogen) atoms. The Bertz CT molecular complexity index is 503. The highest BCUT2D eigenvalue weighted by molar-refractivity contribution is 6.43. The third-order valence-corrected chi connectivity index (χ3v) is 3.75.